The highest BCUT2D eigenvalue weighted by Crippen LogP contribution is 2.29. The molecule has 1 aromatic carbocycles. The number of aryl methyl sites for hydroxylation is 1. The SMILES string of the molecule is Cn1cc(-c2cc(C(=O)O)c3c(Cl)cccc3n2)cn1. The Morgan fingerprint density at radius 1 is 1.40 bits per heavy atom. The second-order valence-electron chi connectivity index (χ2n) is 4.40. The minimum atomic E-state index is -1.03. The third kappa shape index (κ3) is 2.02. The summed E-state index contributed by atoms with van der Waals surface area (Å²) >= 11 is 6.09. The smallest absolute Gasteiger partial charge is 0.336 e. The van der Waals surface area contributed by atoms with Crippen LogP contribution < -0.4 is 0 Å². The number of nitrogens with zero attached hydrogens (tertiary/aromatic N) is 3. The number of carboxylic acid groups (broad SMARTS) is 1. The Hall–Kier alpha value is -2.40. The largest absolute Gasteiger partial charge is 0.478 e. The molecule has 0 aliphatic carbocycles. The van der Waals surface area contributed by atoms with Crippen LogP contribution in [0.3, 0.4) is 0 Å². The second-order valence-corrected chi connectivity index (χ2v) is 4.80. The topological polar surface area (TPSA) is 68.0 Å². The van der Waals surface area contributed by atoms with Crippen molar-refractivity contribution in [3.63, 3.8) is 0 Å². The van der Waals surface area contributed by atoms with E-state index in [1.54, 1.807) is 42.3 Å². The van der Waals surface area contributed by atoms with Crippen LogP contribution in [-0.4, -0.2) is 25.8 Å². The zero-order valence-electron chi connectivity index (χ0n) is 10.5. The molecule has 2 aromatic heterocycles. The van der Waals surface area contributed by atoms with Crippen LogP contribution in [0.1, 0.15) is 10.4 Å². The molecule has 6 heteroatoms. The summed E-state index contributed by atoms with van der Waals surface area (Å²) in [5.41, 5.74) is 2.01. The van der Waals surface area contributed by atoms with Crippen molar-refractivity contribution >= 4 is 28.5 Å². The molecule has 0 unspecified atom stereocenters. The third-order valence-electron chi connectivity index (χ3n) is 3.01. The van der Waals surface area contributed by atoms with Crippen molar-refractivity contribution in [2.45, 2.75) is 0 Å². The number of carbonyl (C=O) groups is 1. The Kier molecular flexibility index (Phi) is 2.91. The lowest BCUT2D eigenvalue weighted by molar-refractivity contribution is 0.0699. The lowest BCUT2D eigenvalue weighted by atomic mass is 10.1. The number of halogens is 1. The predicted octanol–water partition coefficient (Wildman–Crippen LogP) is 2.99. The summed E-state index contributed by atoms with van der Waals surface area (Å²) in [7, 11) is 1.79. The van der Waals surface area contributed by atoms with Gasteiger partial charge in [-0.2, -0.15) is 5.10 Å². The van der Waals surface area contributed by atoms with E-state index in [1.165, 1.54) is 6.07 Å². The van der Waals surface area contributed by atoms with Crippen molar-refractivity contribution < 1.29 is 9.90 Å². The first-order valence-electron chi connectivity index (χ1n) is 5.88. The number of hydrogen-bond acceptors (Lipinski definition) is 3. The van der Waals surface area contributed by atoms with Gasteiger partial charge in [0.1, 0.15) is 0 Å². The predicted molar refractivity (Wildman–Crippen MR) is 75.9 cm³/mol. The van der Waals surface area contributed by atoms with Gasteiger partial charge in [-0.1, -0.05) is 17.7 Å². The fourth-order valence-corrected chi connectivity index (χ4v) is 2.38. The van der Waals surface area contributed by atoms with Crippen molar-refractivity contribution in [2.24, 2.45) is 7.05 Å². The molecule has 0 amide bonds. The van der Waals surface area contributed by atoms with Gasteiger partial charge < -0.3 is 5.11 Å². The van der Waals surface area contributed by atoms with E-state index < -0.39 is 5.97 Å². The monoisotopic (exact) mass is 287 g/mol. The second kappa shape index (κ2) is 4.61. The first-order valence-corrected chi connectivity index (χ1v) is 6.25. The Morgan fingerprint density at radius 3 is 2.85 bits per heavy atom. The molecule has 0 aliphatic rings. The van der Waals surface area contributed by atoms with Crippen molar-refractivity contribution in [3.8, 4) is 11.3 Å². The summed E-state index contributed by atoms with van der Waals surface area (Å²) in [6, 6.07) is 6.67. The van der Waals surface area contributed by atoms with Crippen LogP contribution >= 0.6 is 11.6 Å². The normalized spacial score (nSPS) is 10.9. The molecule has 0 fully saturated rings. The lowest BCUT2D eigenvalue weighted by Gasteiger charge is -2.07. The van der Waals surface area contributed by atoms with E-state index in [4.69, 9.17) is 11.6 Å². The van der Waals surface area contributed by atoms with Crippen LogP contribution in [0.2, 0.25) is 5.02 Å². The summed E-state index contributed by atoms with van der Waals surface area (Å²) in [5, 5.41) is 14.3. The molecule has 100 valence electrons. The van der Waals surface area contributed by atoms with Gasteiger partial charge >= 0.3 is 5.97 Å². The van der Waals surface area contributed by atoms with Crippen LogP contribution in [0.4, 0.5) is 0 Å². The van der Waals surface area contributed by atoms with Gasteiger partial charge in [0, 0.05) is 24.2 Å². The van der Waals surface area contributed by atoms with Crippen molar-refractivity contribution in [3.05, 3.63) is 47.2 Å². The molecule has 1 N–H and O–H groups in total. The molecule has 0 atom stereocenters. The highest BCUT2D eigenvalue weighted by atomic mass is 35.5. The number of pyridine rings is 1. The lowest BCUT2D eigenvalue weighted by Crippen LogP contribution is -2.00. The standard InChI is InChI=1S/C14H10ClN3O2/c1-18-7-8(6-16-18)12-5-9(14(19)20)13-10(15)3-2-4-11(13)17-12/h2-7H,1H3,(H,19,20). The first kappa shape index (κ1) is 12.6. The van der Waals surface area contributed by atoms with Crippen molar-refractivity contribution in [1.29, 1.82) is 0 Å². The van der Waals surface area contributed by atoms with Crippen LogP contribution in [0, 0.1) is 0 Å². The molecule has 0 saturated carbocycles. The van der Waals surface area contributed by atoms with Gasteiger partial charge in [-0.05, 0) is 18.2 Å². The Bertz CT molecular complexity index is 826. The van der Waals surface area contributed by atoms with E-state index >= 15 is 0 Å². The molecule has 3 rings (SSSR count). The number of carboxylic acids is 1. The zero-order chi connectivity index (χ0) is 14.3. The average molecular weight is 288 g/mol. The van der Waals surface area contributed by atoms with E-state index in [0.29, 0.717) is 21.6 Å². The molecule has 0 radical (unpaired) electrons. The maximum absolute atomic E-state index is 11.4. The van der Waals surface area contributed by atoms with Gasteiger partial charge in [0.2, 0.25) is 0 Å². The highest BCUT2D eigenvalue weighted by molar-refractivity contribution is 6.36. The van der Waals surface area contributed by atoms with Crippen LogP contribution in [-0.2, 0) is 7.05 Å². The van der Waals surface area contributed by atoms with E-state index in [2.05, 4.69) is 10.1 Å². The Morgan fingerprint density at radius 2 is 2.20 bits per heavy atom. The Balaban J connectivity index is 2.34. The van der Waals surface area contributed by atoms with E-state index in [1.807, 2.05) is 0 Å². The first-order chi connectivity index (χ1) is 9.56. The van der Waals surface area contributed by atoms with E-state index in [0.717, 1.165) is 5.56 Å². The maximum Gasteiger partial charge on any atom is 0.336 e. The average Bonchev–Trinajstić information content (AvgIpc) is 2.84. The molecule has 0 spiro atoms. The van der Waals surface area contributed by atoms with Gasteiger partial charge in [-0.15, -0.1) is 0 Å². The van der Waals surface area contributed by atoms with Gasteiger partial charge in [0.15, 0.2) is 0 Å². The van der Waals surface area contributed by atoms with Crippen molar-refractivity contribution in [2.75, 3.05) is 0 Å². The van der Waals surface area contributed by atoms with Crippen LogP contribution in [0.25, 0.3) is 22.2 Å². The third-order valence-corrected chi connectivity index (χ3v) is 3.33. The molecule has 0 aliphatic heterocycles. The summed E-state index contributed by atoms with van der Waals surface area (Å²) in [5.74, 6) is -1.03. The molecule has 3 aromatic rings. The summed E-state index contributed by atoms with van der Waals surface area (Å²) in [4.78, 5) is 15.9. The number of rotatable bonds is 2. The highest BCUT2D eigenvalue weighted by Gasteiger charge is 2.15. The molecule has 0 saturated heterocycles. The molecule has 0 bridgehead atoms. The van der Waals surface area contributed by atoms with E-state index in [9.17, 15) is 9.90 Å². The number of fused-ring (bicyclic) bond motifs is 1. The molecule has 2 heterocycles. The summed E-state index contributed by atoms with van der Waals surface area (Å²) < 4.78 is 1.64. The van der Waals surface area contributed by atoms with Gasteiger partial charge in [-0.25, -0.2) is 9.78 Å². The minimum absolute atomic E-state index is 0.138. The number of hydrogen-bond donors (Lipinski definition) is 1. The number of aromatic nitrogens is 3. The van der Waals surface area contributed by atoms with Crippen molar-refractivity contribution in [1.82, 2.24) is 14.8 Å². The van der Waals surface area contributed by atoms with Crippen LogP contribution in [0.5, 0.6) is 0 Å². The van der Waals surface area contributed by atoms with Gasteiger partial charge in [0.05, 0.1) is 28.0 Å². The maximum atomic E-state index is 11.4. The fraction of sp³-hybridized carbons (Fsp3) is 0.0714. The van der Waals surface area contributed by atoms with Gasteiger partial charge in [-0.3, -0.25) is 4.68 Å². The summed E-state index contributed by atoms with van der Waals surface area (Å²) in [6.45, 7) is 0. The zero-order valence-corrected chi connectivity index (χ0v) is 11.3. The quantitative estimate of drug-likeness (QED) is 0.787. The van der Waals surface area contributed by atoms with Crippen LogP contribution in [0.15, 0.2) is 36.7 Å². The molecule has 20 heavy (non-hydrogen) atoms. The fourth-order valence-electron chi connectivity index (χ4n) is 2.11. The molecular formula is C14H10ClN3O2. The minimum Gasteiger partial charge on any atom is -0.478 e. The van der Waals surface area contributed by atoms with Gasteiger partial charge in [0.25, 0.3) is 0 Å². The number of benzene rings is 1. The Labute approximate surface area is 119 Å². The molecule has 5 nitrogen and oxygen atoms in total. The summed E-state index contributed by atoms with van der Waals surface area (Å²) in [6.07, 6.45) is 3.43. The molecular weight excluding hydrogens is 278 g/mol. The van der Waals surface area contributed by atoms with E-state index in [-0.39, 0.29) is 5.56 Å². The number of aromatic carboxylic acids is 1.